The highest BCUT2D eigenvalue weighted by molar-refractivity contribution is 5.92. The highest BCUT2D eigenvalue weighted by Gasteiger charge is 2.14. The number of amides is 1. The van der Waals surface area contributed by atoms with Crippen molar-refractivity contribution >= 4 is 17.3 Å². The summed E-state index contributed by atoms with van der Waals surface area (Å²) in [4.78, 5) is 24.9. The van der Waals surface area contributed by atoms with Gasteiger partial charge in [0.05, 0.1) is 26.3 Å². The Morgan fingerprint density at radius 1 is 1.20 bits per heavy atom. The Hall–Kier alpha value is -3.30. The van der Waals surface area contributed by atoms with Crippen molar-refractivity contribution in [3.05, 3.63) is 54.7 Å². The molecule has 0 bridgehead atoms. The van der Waals surface area contributed by atoms with Crippen molar-refractivity contribution in [1.29, 1.82) is 0 Å². The number of hydrogen-bond acceptors (Lipinski definition) is 8. The highest BCUT2D eigenvalue weighted by atomic mass is 16.5. The van der Waals surface area contributed by atoms with Gasteiger partial charge in [-0.3, -0.25) is 14.7 Å². The third-order valence-corrected chi connectivity index (χ3v) is 4.73. The fraction of sp³-hybridized carbons (Fsp3) is 0.333. The molecule has 0 unspecified atom stereocenters. The van der Waals surface area contributed by atoms with E-state index in [1.54, 1.807) is 12.4 Å². The molecule has 9 nitrogen and oxygen atoms in total. The van der Waals surface area contributed by atoms with Crippen molar-refractivity contribution in [2.75, 3.05) is 50.1 Å². The molecule has 0 spiro atoms. The van der Waals surface area contributed by atoms with Crippen LogP contribution in [0.5, 0.6) is 0 Å². The molecule has 2 aromatic heterocycles. The summed E-state index contributed by atoms with van der Waals surface area (Å²) in [6.07, 6.45) is 3.36. The maximum atomic E-state index is 12.4. The summed E-state index contributed by atoms with van der Waals surface area (Å²) in [5.74, 6) is 0.818. The van der Waals surface area contributed by atoms with Crippen molar-refractivity contribution in [1.82, 2.24) is 20.0 Å². The second-order valence-electron chi connectivity index (χ2n) is 7.12. The van der Waals surface area contributed by atoms with Crippen molar-refractivity contribution in [3.63, 3.8) is 0 Å². The number of hydrogen-bond donors (Lipinski definition) is 1. The van der Waals surface area contributed by atoms with Gasteiger partial charge in [-0.25, -0.2) is 0 Å². The molecule has 1 N–H and O–H groups in total. The van der Waals surface area contributed by atoms with E-state index in [0.717, 1.165) is 43.2 Å². The molecule has 1 amide bonds. The van der Waals surface area contributed by atoms with E-state index in [9.17, 15) is 4.79 Å². The molecule has 1 aromatic carbocycles. The van der Waals surface area contributed by atoms with Gasteiger partial charge in [0.1, 0.15) is 0 Å². The monoisotopic (exact) mass is 408 g/mol. The first-order chi connectivity index (χ1) is 14.7. The maximum absolute atomic E-state index is 12.4. The second kappa shape index (κ2) is 9.47. The second-order valence-corrected chi connectivity index (χ2v) is 7.12. The summed E-state index contributed by atoms with van der Waals surface area (Å²) in [5.41, 5.74) is 2.68. The van der Waals surface area contributed by atoms with Crippen LogP contribution in [-0.2, 0) is 16.1 Å². The fourth-order valence-electron chi connectivity index (χ4n) is 3.24. The number of rotatable bonds is 7. The van der Waals surface area contributed by atoms with Gasteiger partial charge in [-0.15, -0.1) is 0 Å². The van der Waals surface area contributed by atoms with Crippen molar-refractivity contribution < 1.29 is 14.1 Å². The molecular weight excluding hydrogens is 384 g/mol. The van der Waals surface area contributed by atoms with E-state index in [1.807, 2.05) is 48.3 Å². The number of morpholine rings is 1. The zero-order chi connectivity index (χ0) is 20.8. The normalized spacial score (nSPS) is 14.1. The summed E-state index contributed by atoms with van der Waals surface area (Å²) in [6, 6.07) is 11.5. The van der Waals surface area contributed by atoms with Gasteiger partial charge >= 0.3 is 0 Å². The van der Waals surface area contributed by atoms with Crippen LogP contribution >= 0.6 is 0 Å². The molecule has 156 valence electrons. The molecule has 3 heterocycles. The highest BCUT2D eigenvalue weighted by Crippen LogP contribution is 2.19. The Labute approximate surface area is 174 Å². The topological polar surface area (TPSA) is 96.6 Å². The van der Waals surface area contributed by atoms with Crippen molar-refractivity contribution in [2.45, 2.75) is 6.54 Å². The van der Waals surface area contributed by atoms with E-state index in [1.165, 1.54) is 0 Å². The van der Waals surface area contributed by atoms with Crippen LogP contribution in [0.3, 0.4) is 0 Å². The molecule has 30 heavy (non-hydrogen) atoms. The van der Waals surface area contributed by atoms with E-state index in [4.69, 9.17) is 9.26 Å². The average molecular weight is 408 g/mol. The molecule has 1 aliphatic heterocycles. The molecule has 4 rings (SSSR count). The third-order valence-electron chi connectivity index (χ3n) is 4.73. The summed E-state index contributed by atoms with van der Waals surface area (Å²) in [7, 11) is 1.83. The van der Waals surface area contributed by atoms with Crippen LogP contribution in [0.1, 0.15) is 5.89 Å². The largest absolute Gasteiger partial charge is 0.378 e. The van der Waals surface area contributed by atoms with Gasteiger partial charge in [0.25, 0.3) is 0 Å². The number of aromatic nitrogens is 3. The van der Waals surface area contributed by atoms with Gasteiger partial charge in [0.2, 0.25) is 17.6 Å². The zero-order valence-electron chi connectivity index (χ0n) is 16.8. The van der Waals surface area contributed by atoms with Crippen molar-refractivity contribution in [3.8, 4) is 11.4 Å². The SMILES string of the molecule is CN(CC(=O)Nc1ccc(N2CCOCC2)cc1)Cc1nc(-c2cccnc2)no1. The van der Waals surface area contributed by atoms with Gasteiger partial charge in [-0.2, -0.15) is 4.98 Å². The Bertz CT molecular complexity index is 954. The molecule has 0 atom stereocenters. The molecule has 1 fully saturated rings. The first-order valence-corrected chi connectivity index (χ1v) is 9.81. The molecule has 9 heteroatoms. The minimum absolute atomic E-state index is 0.108. The first-order valence-electron chi connectivity index (χ1n) is 9.81. The molecule has 1 saturated heterocycles. The van der Waals surface area contributed by atoms with Crippen LogP contribution < -0.4 is 10.2 Å². The number of carbonyl (C=O) groups is 1. The molecule has 3 aromatic rings. The lowest BCUT2D eigenvalue weighted by atomic mass is 10.2. The molecule has 0 radical (unpaired) electrons. The quantitative estimate of drug-likeness (QED) is 0.634. The molecule has 0 aliphatic carbocycles. The Morgan fingerprint density at radius 3 is 2.73 bits per heavy atom. The number of carbonyl (C=O) groups excluding carboxylic acids is 1. The number of likely N-dealkylation sites (N-methyl/N-ethyl adjacent to an activating group) is 1. The minimum atomic E-state index is -0.108. The van der Waals surface area contributed by atoms with E-state index in [0.29, 0.717) is 18.3 Å². The van der Waals surface area contributed by atoms with E-state index in [2.05, 4.69) is 25.3 Å². The number of benzene rings is 1. The zero-order valence-corrected chi connectivity index (χ0v) is 16.8. The molecular formula is C21H24N6O3. The predicted octanol–water partition coefficient (Wildman–Crippen LogP) is 2.04. The smallest absolute Gasteiger partial charge is 0.241 e. The lowest BCUT2D eigenvalue weighted by Crippen LogP contribution is -2.36. The van der Waals surface area contributed by atoms with Crippen LogP contribution in [-0.4, -0.2) is 65.8 Å². The van der Waals surface area contributed by atoms with Gasteiger partial charge in [0, 0.05) is 42.4 Å². The Kier molecular flexibility index (Phi) is 6.31. The minimum Gasteiger partial charge on any atom is -0.378 e. The number of nitrogens with zero attached hydrogens (tertiary/aromatic N) is 5. The lowest BCUT2D eigenvalue weighted by molar-refractivity contribution is -0.117. The molecule has 0 saturated carbocycles. The predicted molar refractivity (Wildman–Crippen MR) is 112 cm³/mol. The summed E-state index contributed by atoms with van der Waals surface area (Å²) in [6.45, 7) is 3.83. The fourth-order valence-corrected chi connectivity index (χ4v) is 3.24. The maximum Gasteiger partial charge on any atom is 0.241 e. The van der Waals surface area contributed by atoms with Crippen LogP contribution in [0, 0.1) is 0 Å². The third kappa shape index (κ3) is 5.19. The van der Waals surface area contributed by atoms with Gasteiger partial charge in [-0.05, 0) is 43.4 Å². The summed E-state index contributed by atoms with van der Waals surface area (Å²) >= 11 is 0. The number of nitrogens with one attached hydrogen (secondary N) is 1. The van der Waals surface area contributed by atoms with Crippen molar-refractivity contribution in [2.24, 2.45) is 0 Å². The summed E-state index contributed by atoms with van der Waals surface area (Å²) in [5, 5.41) is 6.89. The van der Waals surface area contributed by atoms with Crippen LogP contribution in [0.25, 0.3) is 11.4 Å². The summed E-state index contributed by atoms with van der Waals surface area (Å²) < 4.78 is 10.7. The Balaban J connectivity index is 1.27. The standard InChI is InChI=1S/C21H24N6O3/c1-26(15-20-24-21(25-30-20)16-3-2-8-22-13-16)14-19(28)23-17-4-6-18(7-5-17)27-9-11-29-12-10-27/h2-8,13H,9-12,14-15H2,1H3,(H,23,28). The Morgan fingerprint density at radius 2 is 2.00 bits per heavy atom. The number of pyridine rings is 1. The van der Waals surface area contributed by atoms with Gasteiger partial charge < -0.3 is 19.5 Å². The first kappa shape index (κ1) is 20.0. The van der Waals surface area contributed by atoms with E-state index >= 15 is 0 Å². The van der Waals surface area contributed by atoms with E-state index in [-0.39, 0.29) is 12.5 Å². The van der Waals surface area contributed by atoms with E-state index < -0.39 is 0 Å². The lowest BCUT2D eigenvalue weighted by Gasteiger charge is -2.28. The van der Waals surface area contributed by atoms with Gasteiger partial charge in [-0.1, -0.05) is 5.16 Å². The van der Waals surface area contributed by atoms with Gasteiger partial charge in [0.15, 0.2) is 0 Å². The molecule has 1 aliphatic rings. The van der Waals surface area contributed by atoms with Crippen LogP contribution in [0.15, 0.2) is 53.3 Å². The number of anilines is 2. The average Bonchev–Trinajstić information content (AvgIpc) is 3.23. The van der Waals surface area contributed by atoms with Crippen LogP contribution in [0.2, 0.25) is 0 Å². The number of ether oxygens (including phenoxy) is 1. The van der Waals surface area contributed by atoms with Crippen LogP contribution in [0.4, 0.5) is 11.4 Å².